The van der Waals surface area contributed by atoms with Crippen LogP contribution >= 0.6 is 11.6 Å². The molecule has 1 aliphatic rings. The van der Waals surface area contributed by atoms with E-state index in [0.29, 0.717) is 6.54 Å². The standard InChI is InChI=1S/C11H15ClFN3O/c12-9-7(14)4-8(15)11(10(9)13)16-3-1-2-6(16)5-17/h4,6,17H,1-3,5,14-15H2. The van der Waals surface area contributed by atoms with Gasteiger partial charge in [-0.3, -0.25) is 0 Å². The molecule has 0 spiro atoms. The molecule has 94 valence electrons. The van der Waals surface area contributed by atoms with Crippen LogP contribution in [0, 0.1) is 5.82 Å². The topological polar surface area (TPSA) is 75.5 Å². The predicted octanol–water partition coefficient (Wildman–Crippen LogP) is 1.60. The molecule has 17 heavy (non-hydrogen) atoms. The number of rotatable bonds is 2. The van der Waals surface area contributed by atoms with Crippen LogP contribution in [0.4, 0.5) is 21.5 Å². The summed E-state index contributed by atoms with van der Waals surface area (Å²) in [6.45, 7) is 0.632. The third-order valence-electron chi connectivity index (χ3n) is 3.11. The highest BCUT2D eigenvalue weighted by Gasteiger charge is 2.29. The number of benzene rings is 1. The summed E-state index contributed by atoms with van der Waals surface area (Å²) in [5.41, 5.74) is 12.0. The summed E-state index contributed by atoms with van der Waals surface area (Å²) in [6.07, 6.45) is 1.71. The van der Waals surface area contributed by atoms with Crippen LogP contribution in [0.5, 0.6) is 0 Å². The Kier molecular flexibility index (Phi) is 3.31. The van der Waals surface area contributed by atoms with E-state index in [0.717, 1.165) is 12.8 Å². The van der Waals surface area contributed by atoms with Gasteiger partial charge in [0.25, 0.3) is 0 Å². The van der Waals surface area contributed by atoms with E-state index in [-0.39, 0.29) is 34.7 Å². The van der Waals surface area contributed by atoms with Gasteiger partial charge in [-0.2, -0.15) is 0 Å². The van der Waals surface area contributed by atoms with Gasteiger partial charge in [0.1, 0.15) is 5.02 Å². The molecule has 2 rings (SSSR count). The highest BCUT2D eigenvalue weighted by molar-refractivity contribution is 6.33. The average molecular weight is 260 g/mol. The molecule has 1 aliphatic heterocycles. The molecule has 5 N–H and O–H groups in total. The molecule has 6 heteroatoms. The van der Waals surface area contributed by atoms with Gasteiger partial charge in [0.15, 0.2) is 5.82 Å². The minimum absolute atomic E-state index is 0.0269. The third kappa shape index (κ3) is 2.00. The number of aliphatic hydroxyl groups is 1. The number of aliphatic hydroxyl groups excluding tert-OH is 1. The van der Waals surface area contributed by atoms with E-state index >= 15 is 0 Å². The number of hydrogen-bond acceptors (Lipinski definition) is 4. The highest BCUT2D eigenvalue weighted by atomic mass is 35.5. The Balaban J connectivity index is 2.48. The summed E-state index contributed by atoms with van der Waals surface area (Å²) >= 11 is 5.78. The molecule has 1 aromatic carbocycles. The average Bonchev–Trinajstić information content (AvgIpc) is 2.74. The molecule has 0 aromatic heterocycles. The second-order valence-electron chi connectivity index (χ2n) is 4.20. The van der Waals surface area contributed by atoms with Gasteiger partial charge >= 0.3 is 0 Å². The highest BCUT2D eigenvalue weighted by Crippen LogP contribution is 2.39. The summed E-state index contributed by atoms with van der Waals surface area (Å²) in [7, 11) is 0. The maximum atomic E-state index is 14.1. The zero-order valence-corrected chi connectivity index (χ0v) is 10.0. The lowest BCUT2D eigenvalue weighted by molar-refractivity contribution is 0.266. The van der Waals surface area contributed by atoms with E-state index in [1.54, 1.807) is 4.90 Å². The summed E-state index contributed by atoms with van der Waals surface area (Å²) < 4.78 is 14.1. The van der Waals surface area contributed by atoms with Gasteiger partial charge in [-0.1, -0.05) is 11.6 Å². The van der Waals surface area contributed by atoms with Crippen LogP contribution in [0.2, 0.25) is 5.02 Å². The molecule has 1 fully saturated rings. The van der Waals surface area contributed by atoms with Crippen molar-refractivity contribution in [2.75, 3.05) is 29.5 Å². The first-order valence-electron chi connectivity index (χ1n) is 5.46. The van der Waals surface area contributed by atoms with Crippen molar-refractivity contribution in [3.8, 4) is 0 Å². The van der Waals surface area contributed by atoms with Crippen molar-refractivity contribution in [2.24, 2.45) is 0 Å². The number of nitrogens with two attached hydrogens (primary N) is 2. The Bertz CT molecular complexity index is 441. The second kappa shape index (κ2) is 4.58. The summed E-state index contributed by atoms with van der Waals surface area (Å²) in [4.78, 5) is 1.76. The van der Waals surface area contributed by atoms with Crippen LogP contribution < -0.4 is 16.4 Å². The lowest BCUT2D eigenvalue weighted by Crippen LogP contribution is -2.33. The molecule has 0 amide bonds. The molecule has 1 heterocycles. The van der Waals surface area contributed by atoms with E-state index in [1.807, 2.05) is 0 Å². The van der Waals surface area contributed by atoms with Gasteiger partial charge in [0, 0.05) is 6.54 Å². The maximum Gasteiger partial charge on any atom is 0.169 e. The largest absolute Gasteiger partial charge is 0.397 e. The summed E-state index contributed by atoms with van der Waals surface area (Å²) in [6, 6.07) is 1.35. The fourth-order valence-electron chi connectivity index (χ4n) is 2.27. The Morgan fingerprint density at radius 2 is 2.18 bits per heavy atom. The minimum Gasteiger partial charge on any atom is -0.397 e. The number of nitrogens with zero attached hydrogens (tertiary/aromatic N) is 1. The van der Waals surface area contributed by atoms with Crippen molar-refractivity contribution in [2.45, 2.75) is 18.9 Å². The fourth-order valence-corrected chi connectivity index (χ4v) is 2.41. The zero-order chi connectivity index (χ0) is 12.6. The number of hydrogen-bond donors (Lipinski definition) is 3. The van der Waals surface area contributed by atoms with Crippen LogP contribution in [0.15, 0.2) is 6.07 Å². The molecule has 1 atom stereocenters. The second-order valence-corrected chi connectivity index (χ2v) is 4.58. The van der Waals surface area contributed by atoms with E-state index in [1.165, 1.54) is 6.07 Å². The Morgan fingerprint density at radius 1 is 1.47 bits per heavy atom. The molecular formula is C11H15ClFN3O. The first kappa shape index (κ1) is 12.3. The van der Waals surface area contributed by atoms with Crippen molar-refractivity contribution in [3.05, 3.63) is 16.9 Å². The number of nitrogen functional groups attached to an aromatic ring is 2. The summed E-state index contributed by atoms with van der Waals surface area (Å²) in [5.74, 6) is -0.607. The van der Waals surface area contributed by atoms with Gasteiger partial charge in [0.2, 0.25) is 0 Å². The van der Waals surface area contributed by atoms with Gasteiger partial charge in [-0.05, 0) is 18.9 Å². The van der Waals surface area contributed by atoms with Crippen molar-refractivity contribution in [1.29, 1.82) is 0 Å². The van der Waals surface area contributed by atoms with Gasteiger partial charge in [-0.15, -0.1) is 0 Å². The molecule has 1 unspecified atom stereocenters. The molecule has 0 saturated carbocycles. The molecule has 0 aliphatic carbocycles. The summed E-state index contributed by atoms with van der Waals surface area (Å²) in [5, 5.41) is 9.13. The lowest BCUT2D eigenvalue weighted by Gasteiger charge is -2.27. The van der Waals surface area contributed by atoms with Crippen LogP contribution in [0.3, 0.4) is 0 Å². The number of halogens is 2. The smallest absolute Gasteiger partial charge is 0.169 e. The Morgan fingerprint density at radius 3 is 2.82 bits per heavy atom. The number of anilines is 3. The molecule has 4 nitrogen and oxygen atoms in total. The van der Waals surface area contributed by atoms with Crippen LogP contribution in [0.1, 0.15) is 12.8 Å². The van der Waals surface area contributed by atoms with Gasteiger partial charge in [-0.25, -0.2) is 4.39 Å². The normalized spacial score (nSPS) is 19.9. The van der Waals surface area contributed by atoms with Gasteiger partial charge in [0.05, 0.1) is 29.7 Å². The van der Waals surface area contributed by atoms with Crippen molar-refractivity contribution < 1.29 is 9.50 Å². The van der Waals surface area contributed by atoms with Crippen molar-refractivity contribution in [3.63, 3.8) is 0 Å². The zero-order valence-electron chi connectivity index (χ0n) is 9.29. The van der Waals surface area contributed by atoms with Crippen LogP contribution in [-0.2, 0) is 0 Å². The first-order valence-corrected chi connectivity index (χ1v) is 5.84. The molecular weight excluding hydrogens is 245 g/mol. The monoisotopic (exact) mass is 259 g/mol. The molecule has 1 aromatic rings. The third-order valence-corrected chi connectivity index (χ3v) is 3.50. The van der Waals surface area contributed by atoms with Gasteiger partial charge < -0.3 is 21.5 Å². The Hall–Kier alpha value is -1.20. The maximum absolute atomic E-state index is 14.1. The fraction of sp³-hybridized carbons (Fsp3) is 0.455. The minimum atomic E-state index is -0.607. The first-order chi connectivity index (χ1) is 8.06. The quantitative estimate of drug-likeness (QED) is 0.706. The Labute approximate surface area is 104 Å². The van der Waals surface area contributed by atoms with E-state index in [9.17, 15) is 9.50 Å². The molecule has 0 bridgehead atoms. The lowest BCUT2D eigenvalue weighted by atomic mass is 10.2. The molecule has 1 saturated heterocycles. The van der Waals surface area contributed by atoms with Crippen LogP contribution in [-0.4, -0.2) is 24.3 Å². The predicted molar refractivity (Wildman–Crippen MR) is 67.7 cm³/mol. The van der Waals surface area contributed by atoms with E-state index in [2.05, 4.69) is 0 Å². The molecule has 0 radical (unpaired) electrons. The SMILES string of the molecule is Nc1cc(N)c(N2CCCC2CO)c(F)c1Cl. The van der Waals surface area contributed by atoms with Crippen LogP contribution in [0.25, 0.3) is 0 Å². The van der Waals surface area contributed by atoms with E-state index < -0.39 is 5.82 Å². The van der Waals surface area contributed by atoms with Crippen molar-refractivity contribution >= 4 is 28.7 Å². The van der Waals surface area contributed by atoms with Crippen molar-refractivity contribution in [1.82, 2.24) is 0 Å². The van der Waals surface area contributed by atoms with E-state index in [4.69, 9.17) is 23.1 Å².